The average molecular weight is 283 g/mol. The second kappa shape index (κ2) is 6.01. The minimum absolute atomic E-state index is 0.0137. The lowest BCUT2D eigenvalue weighted by Crippen LogP contribution is -2.18. The fraction of sp³-hybridized carbons (Fsp3) is 0.400. The molecule has 1 heterocycles. The molecule has 4 nitrogen and oxygen atoms in total. The van der Waals surface area contributed by atoms with E-state index < -0.39 is 18.6 Å². The maximum absolute atomic E-state index is 11.8. The Morgan fingerprint density at radius 1 is 1.50 bits per heavy atom. The Kier molecular flexibility index (Phi) is 4.92. The first kappa shape index (κ1) is 14.7. The Labute approximate surface area is 106 Å². The third-order valence-corrected chi connectivity index (χ3v) is 2.13. The fourth-order valence-electron chi connectivity index (χ4n) is 1.16. The van der Waals surface area contributed by atoms with Gasteiger partial charge in [-0.25, -0.2) is 4.98 Å². The van der Waals surface area contributed by atoms with Crippen LogP contribution in [0.15, 0.2) is 12.3 Å². The van der Waals surface area contributed by atoms with Crippen LogP contribution in [-0.4, -0.2) is 30.2 Å². The van der Waals surface area contributed by atoms with Crippen molar-refractivity contribution in [3.05, 3.63) is 22.8 Å². The molecule has 0 radical (unpaired) electrons. The molecule has 8 heteroatoms. The van der Waals surface area contributed by atoms with Gasteiger partial charge in [-0.2, -0.15) is 13.2 Å². The first-order valence-corrected chi connectivity index (χ1v) is 5.26. The van der Waals surface area contributed by atoms with Gasteiger partial charge in [0.1, 0.15) is 12.4 Å². The minimum atomic E-state index is -4.40. The number of nitrogen functional groups attached to an aromatic ring is 1. The maximum atomic E-state index is 11.8. The summed E-state index contributed by atoms with van der Waals surface area (Å²) in [5.41, 5.74) is 5.53. The Morgan fingerprint density at radius 2 is 2.17 bits per heavy atom. The molecule has 0 fully saturated rings. The number of anilines is 1. The van der Waals surface area contributed by atoms with Gasteiger partial charge in [0, 0.05) is 12.6 Å². The van der Waals surface area contributed by atoms with Gasteiger partial charge in [-0.05, 0) is 6.07 Å². The molecule has 0 saturated heterocycles. The van der Waals surface area contributed by atoms with Crippen LogP contribution in [0.5, 0.6) is 0 Å². The van der Waals surface area contributed by atoms with E-state index in [-0.39, 0.29) is 29.4 Å². The SMILES string of the molecule is Nc1ncc(Cl)cc1C(=O)CCOCC(F)(F)F. The number of alkyl halides is 3. The van der Waals surface area contributed by atoms with Crippen molar-refractivity contribution in [2.45, 2.75) is 12.6 Å². The van der Waals surface area contributed by atoms with Crippen molar-refractivity contribution in [2.24, 2.45) is 0 Å². The van der Waals surface area contributed by atoms with E-state index in [4.69, 9.17) is 17.3 Å². The molecule has 0 unspecified atom stereocenters. The third kappa shape index (κ3) is 4.89. The number of nitrogens with zero attached hydrogens (tertiary/aromatic N) is 1. The topological polar surface area (TPSA) is 65.2 Å². The van der Waals surface area contributed by atoms with E-state index in [1.807, 2.05) is 0 Å². The van der Waals surface area contributed by atoms with E-state index in [2.05, 4.69) is 9.72 Å². The van der Waals surface area contributed by atoms with Crippen molar-refractivity contribution in [2.75, 3.05) is 18.9 Å². The predicted octanol–water partition coefficient (Wildman–Crippen LogP) is 2.47. The summed E-state index contributed by atoms with van der Waals surface area (Å²) in [6.07, 6.45) is -3.35. The first-order valence-electron chi connectivity index (χ1n) is 4.88. The molecule has 0 saturated carbocycles. The number of carbonyl (C=O) groups is 1. The lowest BCUT2D eigenvalue weighted by molar-refractivity contribution is -0.173. The summed E-state index contributed by atoms with van der Waals surface area (Å²) >= 11 is 5.63. The smallest absolute Gasteiger partial charge is 0.383 e. The first-order chi connectivity index (χ1) is 8.29. The standard InChI is InChI=1S/C10H10ClF3N2O2/c11-6-3-7(9(15)16-4-6)8(17)1-2-18-5-10(12,13)14/h3-4H,1-2,5H2,(H2,15,16). The summed E-state index contributed by atoms with van der Waals surface area (Å²) in [5, 5.41) is 0.226. The van der Waals surface area contributed by atoms with Gasteiger partial charge in [0.05, 0.1) is 17.2 Å². The molecule has 0 aliphatic carbocycles. The van der Waals surface area contributed by atoms with Crippen molar-refractivity contribution in [1.29, 1.82) is 0 Å². The van der Waals surface area contributed by atoms with Gasteiger partial charge in [-0.3, -0.25) is 4.79 Å². The Balaban J connectivity index is 2.48. The van der Waals surface area contributed by atoms with Gasteiger partial charge >= 0.3 is 6.18 Å². The van der Waals surface area contributed by atoms with Crippen LogP contribution < -0.4 is 5.73 Å². The summed E-state index contributed by atoms with van der Waals surface area (Å²) in [4.78, 5) is 15.3. The van der Waals surface area contributed by atoms with Crippen LogP contribution in [-0.2, 0) is 4.74 Å². The minimum Gasteiger partial charge on any atom is -0.383 e. The van der Waals surface area contributed by atoms with E-state index in [0.29, 0.717) is 0 Å². The second-order valence-corrected chi connectivity index (χ2v) is 3.86. The molecule has 1 rings (SSSR count). The molecule has 0 aromatic carbocycles. The molecule has 0 aliphatic heterocycles. The number of hydrogen-bond acceptors (Lipinski definition) is 4. The number of Topliss-reactive ketones (excluding diaryl/α,β-unsaturated/α-hetero) is 1. The largest absolute Gasteiger partial charge is 0.411 e. The van der Waals surface area contributed by atoms with Crippen molar-refractivity contribution in [1.82, 2.24) is 4.98 Å². The van der Waals surface area contributed by atoms with Crippen LogP contribution in [0.2, 0.25) is 5.02 Å². The van der Waals surface area contributed by atoms with Gasteiger partial charge in [0.2, 0.25) is 0 Å². The summed E-state index contributed by atoms with van der Waals surface area (Å²) in [5.74, 6) is -0.482. The average Bonchev–Trinajstić information content (AvgIpc) is 2.26. The normalized spacial score (nSPS) is 11.6. The van der Waals surface area contributed by atoms with E-state index >= 15 is 0 Å². The molecule has 0 atom stereocenters. The van der Waals surface area contributed by atoms with Crippen molar-refractivity contribution < 1.29 is 22.7 Å². The monoisotopic (exact) mass is 282 g/mol. The number of halogens is 4. The molecule has 0 spiro atoms. The highest BCUT2D eigenvalue weighted by Crippen LogP contribution is 2.17. The number of ketones is 1. The predicted molar refractivity (Wildman–Crippen MR) is 59.5 cm³/mol. The number of aromatic nitrogens is 1. The second-order valence-electron chi connectivity index (χ2n) is 3.43. The van der Waals surface area contributed by atoms with Gasteiger partial charge in [0.15, 0.2) is 5.78 Å². The van der Waals surface area contributed by atoms with Crippen LogP contribution in [0.4, 0.5) is 19.0 Å². The van der Waals surface area contributed by atoms with Crippen LogP contribution >= 0.6 is 11.6 Å². The number of rotatable bonds is 5. The van der Waals surface area contributed by atoms with Crippen molar-refractivity contribution >= 4 is 23.2 Å². The number of hydrogen-bond donors (Lipinski definition) is 1. The van der Waals surface area contributed by atoms with Gasteiger partial charge in [0.25, 0.3) is 0 Å². The number of carbonyl (C=O) groups excluding carboxylic acids is 1. The maximum Gasteiger partial charge on any atom is 0.411 e. The molecular formula is C10H10ClF3N2O2. The Bertz CT molecular complexity index is 438. The molecule has 0 bridgehead atoms. The fourth-order valence-corrected chi connectivity index (χ4v) is 1.32. The molecule has 1 aromatic rings. The van der Waals surface area contributed by atoms with Crippen LogP contribution in [0.25, 0.3) is 0 Å². The third-order valence-electron chi connectivity index (χ3n) is 1.92. The highest BCUT2D eigenvalue weighted by atomic mass is 35.5. The highest BCUT2D eigenvalue weighted by Gasteiger charge is 2.27. The molecular weight excluding hydrogens is 273 g/mol. The number of nitrogens with two attached hydrogens (primary N) is 1. The zero-order valence-corrected chi connectivity index (χ0v) is 9.88. The Hall–Kier alpha value is -1.34. The van der Waals surface area contributed by atoms with E-state index in [1.54, 1.807) is 0 Å². The molecule has 1 aromatic heterocycles. The molecule has 100 valence electrons. The number of pyridine rings is 1. The molecule has 2 N–H and O–H groups in total. The van der Waals surface area contributed by atoms with Gasteiger partial charge in [-0.15, -0.1) is 0 Å². The van der Waals surface area contributed by atoms with E-state index in [1.165, 1.54) is 12.3 Å². The molecule has 0 aliphatic rings. The van der Waals surface area contributed by atoms with E-state index in [0.717, 1.165) is 0 Å². The molecule has 0 amide bonds. The summed E-state index contributed by atoms with van der Waals surface area (Å²) in [6.45, 7) is -1.73. The quantitative estimate of drug-likeness (QED) is 0.665. The summed E-state index contributed by atoms with van der Waals surface area (Å²) in [6, 6.07) is 1.32. The molecule has 18 heavy (non-hydrogen) atoms. The Morgan fingerprint density at radius 3 is 2.78 bits per heavy atom. The van der Waals surface area contributed by atoms with Gasteiger partial charge in [-0.1, -0.05) is 11.6 Å². The zero-order valence-electron chi connectivity index (χ0n) is 9.13. The van der Waals surface area contributed by atoms with E-state index in [9.17, 15) is 18.0 Å². The van der Waals surface area contributed by atoms with Crippen molar-refractivity contribution in [3.63, 3.8) is 0 Å². The summed E-state index contributed by atoms with van der Waals surface area (Å²) in [7, 11) is 0. The zero-order chi connectivity index (χ0) is 13.8. The van der Waals surface area contributed by atoms with Crippen LogP contribution in [0, 0.1) is 0 Å². The van der Waals surface area contributed by atoms with Crippen LogP contribution in [0.3, 0.4) is 0 Å². The van der Waals surface area contributed by atoms with Crippen molar-refractivity contribution in [3.8, 4) is 0 Å². The lowest BCUT2D eigenvalue weighted by atomic mass is 10.1. The summed E-state index contributed by atoms with van der Waals surface area (Å²) < 4.78 is 39.6. The van der Waals surface area contributed by atoms with Crippen LogP contribution in [0.1, 0.15) is 16.8 Å². The highest BCUT2D eigenvalue weighted by molar-refractivity contribution is 6.31. The lowest BCUT2D eigenvalue weighted by Gasteiger charge is -2.07. The number of ether oxygens (including phenoxy) is 1. The van der Waals surface area contributed by atoms with Gasteiger partial charge < -0.3 is 10.5 Å².